The molecule has 0 aromatic rings. The van der Waals surface area contributed by atoms with Crippen LogP contribution >= 0.6 is 0 Å². The van der Waals surface area contributed by atoms with Gasteiger partial charge in [0.25, 0.3) is 0 Å². The normalized spacial score (nSPS) is 45.4. The molecule has 0 bridgehead atoms. The minimum absolute atomic E-state index is 0.0456. The van der Waals surface area contributed by atoms with Crippen LogP contribution < -0.4 is 0 Å². The van der Waals surface area contributed by atoms with Gasteiger partial charge in [0.05, 0.1) is 0 Å². The lowest BCUT2D eigenvalue weighted by Crippen LogP contribution is -2.63. The maximum atomic E-state index is 12.4. The van der Waals surface area contributed by atoms with E-state index in [1.807, 2.05) is 0 Å². The van der Waals surface area contributed by atoms with Gasteiger partial charge in [-0.05, 0) is 97.7 Å². The molecule has 4 rings (SSSR count). The van der Waals surface area contributed by atoms with Crippen molar-refractivity contribution in [3.63, 3.8) is 0 Å². The molecule has 0 aliphatic heterocycles. The van der Waals surface area contributed by atoms with Gasteiger partial charge in [0.15, 0.2) is 0 Å². The summed E-state index contributed by atoms with van der Waals surface area (Å²) in [6, 6.07) is 0. The van der Waals surface area contributed by atoms with Crippen LogP contribution in [0.4, 0.5) is 0 Å². The van der Waals surface area contributed by atoms with E-state index in [4.69, 9.17) is 9.47 Å². The van der Waals surface area contributed by atoms with E-state index in [0.29, 0.717) is 29.6 Å². The molecule has 0 aromatic heterocycles. The third-order valence-corrected chi connectivity index (χ3v) is 11.2. The van der Waals surface area contributed by atoms with Crippen LogP contribution in [0.2, 0.25) is 0 Å². The predicted molar refractivity (Wildman–Crippen MR) is 132 cm³/mol. The Kier molecular flexibility index (Phi) is 7.34. The summed E-state index contributed by atoms with van der Waals surface area (Å²) in [5.74, 6) is 1.28. The van der Waals surface area contributed by atoms with Crippen molar-refractivity contribution in [1.82, 2.24) is 0 Å². The molecule has 11 atom stereocenters. The van der Waals surface area contributed by atoms with Crippen LogP contribution in [0, 0.1) is 52.3 Å². The Morgan fingerprint density at radius 3 is 2.14 bits per heavy atom. The predicted octanol–water partition coefficient (Wildman–Crippen LogP) is 5.87. The van der Waals surface area contributed by atoms with E-state index in [2.05, 4.69) is 27.7 Å². The van der Waals surface area contributed by atoms with Crippen molar-refractivity contribution in [3.05, 3.63) is 0 Å². The first-order chi connectivity index (χ1) is 16.4. The van der Waals surface area contributed by atoms with Crippen LogP contribution in [0.5, 0.6) is 0 Å². The topological polar surface area (TPSA) is 89.9 Å². The average Bonchev–Trinajstić information content (AvgIpc) is 3.11. The molecule has 4 aliphatic rings. The van der Waals surface area contributed by atoms with Gasteiger partial charge in [-0.25, -0.2) is 0 Å². The zero-order chi connectivity index (χ0) is 25.7. The van der Waals surface area contributed by atoms with Crippen molar-refractivity contribution in [2.45, 2.75) is 112 Å². The van der Waals surface area contributed by atoms with Gasteiger partial charge in [0.1, 0.15) is 12.2 Å². The van der Waals surface area contributed by atoms with Crippen molar-refractivity contribution in [2.75, 3.05) is 0 Å². The molecule has 4 saturated carbocycles. The number of carbonyl (C=O) groups excluding carboxylic acids is 2. The maximum Gasteiger partial charge on any atom is 0.303 e. The Labute approximate surface area is 210 Å². The van der Waals surface area contributed by atoms with E-state index < -0.39 is 5.97 Å². The van der Waals surface area contributed by atoms with E-state index in [-0.39, 0.29) is 53.2 Å². The van der Waals surface area contributed by atoms with E-state index >= 15 is 0 Å². The second-order valence-electron chi connectivity index (χ2n) is 12.9. The van der Waals surface area contributed by atoms with Crippen LogP contribution in [0.1, 0.15) is 99.3 Å². The molecular weight excluding hydrogens is 444 g/mol. The fourth-order valence-corrected chi connectivity index (χ4v) is 10.00. The number of carboxylic acid groups (broad SMARTS) is 1. The van der Waals surface area contributed by atoms with Crippen LogP contribution in [-0.2, 0) is 23.9 Å². The van der Waals surface area contributed by atoms with Gasteiger partial charge in [-0.3, -0.25) is 14.4 Å². The number of hydrogen-bond acceptors (Lipinski definition) is 5. The lowest BCUT2D eigenvalue weighted by molar-refractivity contribution is -0.219. The summed E-state index contributed by atoms with van der Waals surface area (Å²) in [6.45, 7) is 12.2. The highest BCUT2D eigenvalue weighted by atomic mass is 16.5. The molecule has 1 N–H and O–H groups in total. The van der Waals surface area contributed by atoms with Crippen LogP contribution in [-0.4, -0.2) is 35.2 Å². The zero-order valence-corrected chi connectivity index (χ0v) is 22.5. The van der Waals surface area contributed by atoms with Crippen LogP contribution in [0.25, 0.3) is 0 Å². The van der Waals surface area contributed by atoms with Gasteiger partial charge < -0.3 is 14.6 Å². The Hall–Kier alpha value is -1.59. The number of rotatable bonds is 6. The van der Waals surface area contributed by atoms with Crippen LogP contribution in [0.3, 0.4) is 0 Å². The molecule has 6 heteroatoms. The summed E-state index contributed by atoms with van der Waals surface area (Å²) in [6.07, 6.45) is 8.20. The monoisotopic (exact) mass is 490 g/mol. The molecule has 4 fully saturated rings. The van der Waals surface area contributed by atoms with E-state index in [0.717, 1.165) is 51.4 Å². The van der Waals surface area contributed by atoms with E-state index in [9.17, 15) is 19.5 Å². The van der Waals surface area contributed by atoms with E-state index in [1.165, 1.54) is 13.8 Å². The van der Waals surface area contributed by atoms with Gasteiger partial charge >= 0.3 is 17.9 Å². The highest BCUT2D eigenvalue weighted by Gasteiger charge is 2.66. The summed E-state index contributed by atoms with van der Waals surface area (Å²) in [4.78, 5) is 35.7. The van der Waals surface area contributed by atoms with Crippen LogP contribution in [0.15, 0.2) is 0 Å². The molecule has 0 saturated heterocycles. The summed E-state index contributed by atoms with van der Waals surface area (Å²) < 4.78 is 11.9. The lowest BCUT2D eigenvalue weighted by atomic mass is 9.41. The maximum absolute atomic E-state index is 12.4. The second-order valence-corrected chi connectivity index (χ2v) is 12.9. The smallest absolute Gasteiger partial charge is 0.303 e. The fraction of sp³-hybridized carbons (Fsp3) is 0.897. The molecule has 0 heterocycles. The number of hydrogen-bond donors (Lipinski definition) is 1. The molecule has 0 aromatic carbocycles. The number of fused-ring (bicyclic) bond motifs is 5. The highest BCUT2D eigenvalue weighted by molar-refractivity contribution is 5.67. The first-order valence-electron chi connectivity index (χ1n) is 14.0. The van der Waals surface area contributed by atoms with Gasteiger partial charge in [-0.1, -0.05) is 27.7 Å². The SMILES string of the molecule is CCC1C(OC(C)=O)C2C3CCC(C(C)CC(=O)O)C3(C)CCC2C2(C)CCC(OC(C)=O)CC12. The summed E-state index contributed by atoms with van der Waals surface area (Å²) in [5, 5.41) is 9.47. The first-order valence-corrected chi connectivity index (χ1v) is 14.0. The van der Waals surface area contributed by atoms with Gasteiger partial charge in [-0.2, -0.15) is 0 Å². The molecule has 0 radical (unpaired) electrons. The Bertz CT molecular complexity index is 839. The zero-order valence-electron chi connectivity index (χ0n) is 22.5. The number of ether oxygens (including phenoxy) is 2. The first kappa shape index (κ1) is 26.5. The van der Waals surface area contributed by atoms with Crippen molar-refractivity contribution in [1.29, 1.82) is 0 Å². The molecular formula is C29H46O6. The number of esters is 2. The third-order valence-electron chi connectivity index (χ3n) is 11.2. The molecule has 35 heavy (non-hydrogen) atoms. The highest BCUT2D eigenvalue weighted by Crippen LogP contribution is 2.70. The summed E-state index contributed by atoms with van der Waals surface area (Å²) in [5.41, 5.74) is 0.232. The standard InChI is InChI=1S/C29H46O6/c1-7-20-24-15-19(34-17(3)30)10-12-29(24,6)23-11-13-28(5)21(16(2)14-25(32)33)8-9-22(28)26(23)27(20)35-18(4)31/h16,19-24,26-27H,7-15H2,1-6H3,(H,32,33). The van der Waals surface area contributed by atoms with E-state index in [1.54, 1.807) is 0 Å². The van der Waals surface area contributed by atoms with Gasteiger partial charge in [0.2, 0.25) is 0 Å². The summed E-state index contributed by atoms with van der Waals surface area (Å²) in [7, 11) is 0. The number of carboxylic acids is 1. The minimum atomic E-state index is -0.709. The third kappa shape index (κ3) is 4.52. The number of aliphatic carboxylic acids is 1. The fourth-order valence-electron chi connectivity index (χ4n) is 10.00. The Morgan fingerprint density at radius 2 is 1.54 bits per heavy atom. The van der Waals surface area contributed by atoms with Crippen molar-refractivity contribution in [2.24, 2.45) is 52.3 Å². The molecule has 198 valence electrons. The van der Waals surface area contributed by atoms with Gasteiger partial charge in [0, 0.05) is 26.2 Å². The van der Waals surface area contributed by atoms with Crippen molar-refractivity contribution < 1.29 is 29.0 Å². The van der Waals surface area contributed by atoms with Crippen molar-refractivity contribution in [3.8, 4) is 0 Å². The second kappa shape index (κ2) is 9.70. The van der Waals surface area contributed by atoms with Gasteiger partial charge in [-0.15, -0.1) is 0 Å². The molecule has 4 aliphatic carbocycles. The molecule has 0 amide bonds. The average molecular weight is 491 g/mol. The quantitative estimate of drug-likeness (QED) is 0.469. The molecule has 0 spiro atoms. The largest absolute Gasteiger partial charge is 0.481 e. The summed E-state index contributed by atoms with van der Waals surface area (Å²) >= 11 is 0. The number of carbonyl (C=O) groups is 3. The lowest BCUT2D eigenvalue weighted by Gasteiger charge is -2.65. The molecule has 11 unspecified atom stereocenters. The Morgan fingerprint density at radius 1 is 0.914 bits per heavy atom. The molecule has 6 nitrogen and oxygen atoms in total. The minimum Gasteiger partial charge on any atom is -0.481 e. The Balaban J connectivity index is 1.70. The van der Waals surface area contributed by atoms with Crippen molar-refractivity contribution >= 4 is 17.9 Å².